The van der Waals surface area contributed by atoms with E-state index in [-0.39, 0.29) is 6.67 Å². The maximum Gasteiger partial charge on any atom is 0.422 e. The van der Waals surface area contributed by atoms with E-state index < -0.39 is 52.3 Å². The molecular weight excluding hydrogens is 475 g/mol. The van der Waals surface area contributed by atoms with E-state index in [0.717, 1.165) is 15.5 Å². The smallest absolute Gasteiger partial charge is 0.315 e. The molecule has 2 aromatic heterocycles. The lowest BCUT2D eigenvalue weighted by atomic mass is 10.1. The maximum atomic E-state index is 14.0. The van der Waals surface area contributed by atoms with Crippen LogP contribution in [0.2, 0.25) is 0 Å². The molecule has 0 unspecified atom stereocenters. The van der Waals surface area contributed by atoms with Gasteiger partial charge in [-0.3, -0.25) is 4.79 Å². The summed E-state index contributed by atoms with van der Waals surface area (Å²) >= 11 is 0. The number of rotatable bonds is 5. The minimum Gasteiger partial charge on any atom is -0.315 e. The Morgan fingerprint density at radius 1 is 0.912 bits per heavy atom. The van der Waals surface area contributed by atoms with Crippen LogP contribution in [0, 0.1) is 23.3 Å². The van der Waals surface area contributed by atoms with Crippen molar-refractivity contribution in [2.45, 2.75) is 12.8 Å². The zero-order valence-electron chi connectivity index (χ0n) is 16.5. The number of hydrogen-bond acceptors (Lipinski definition) is 5. The molecule has 34 heavy (non-hydrogen) atoms. The van der Waals surface area contributed by atoms with Crippen LogP contribution in [0.1, 0.15) is 16.1 Å². The van der Waals surface area contributed by atoms with Crippen LogP contribution in [-0.2, 0) is 12.8 Å². The van der Waals surface area contributed by atoms with Gasteiger partial charge in [-0.25, -0.2) is 22.2 Å². The maximum absolute atomic E-state index is 14.0. The monoisotopic (exact) mass is 485 g/mol. The molecular formula is C19H10F7N7O. The van der Waals surface area contributed by atoms with Crippen molar-refractivity contribution in [3.63, 3.8) is 0 Å². The molecule has 0 radical (unpaired) electrons. The molecule has 0 bridgehead atoms. The average Bonchev–Trinajstić information content (AvgIpc) is 3.45. The van der Waals surface area contributed by atoms with Crippen molar-refractivity contribution in [3.8, 4) is 11.4 Å². The molecule has 0 aliphatic heterocycles. The second kappa shape index (κ2) is 8.57. The lowest BCUT2D eigenvalue weighted by Crippen LogP contribution is -2.21. The largest absolute Gasteiger partial charge is 0.422 e. The Bertz CT molecular complexity index is 1340. The Labute approximate surface area is 184 Å². The second-order valence-electron chi connectivity index (χ2n) is 6.69. The third-order valence-electron chi connectivity index (χ3n) is 4.41. The summed E-state index contributed by atoms with van der Waals surface area (Å²) in [5.41, 5.74) is -4.26. The second-order valence-corrected chi connectivity index (χ2v) is 6.69. The van der Waals surface area contributed by atoms with E-state index in [1.807, 2.05) is 0 Å². The quantitative estimate of drug-likeness (QED) is 0.343. The molecule has 1 amide bonds. The number of halogens is 7. The summed E-state index contributed by atoms with van der Waals surface area (Å²) in [5.74, 6) is -11.3. The summed E-state index contributed by atoms with van der Waals surface area (Å²) in [5, 5.41) is 17.1. The molecule has 0 saturated heterocycles. The number of hydrogen-bond donors (Lipinski definition) is 1. The highest BCUT2D eigenvalue weighted by Gasteiger charge is 2.42. The third-order valence-corrected chi connectivity index (χ3v) is 4.41. The Kier molecular flexibility index (Phi) is 5.76. The Morgan fingerprint density at radius 3 is 2.18 bits per heavy atom. The summed E-state index contributed by atoms with van der Waals surface area (Å²) in [6.45, 7) is -0.140. The van der Waals surface area contributed by atoms with Crippen molar-refractivity contribution in [2.75, 3.05) is 5.32 Å². The van der Waals surface area contributed by atoms with E-state index in [9.17, 15) is 35.5 Å². The zero-order chi connectivity index (χ0) is 24.6. The molecule has 176 valence electrons. The number of alkyl halides is 3. The molecule has 0 spiro atoms. The fourth-order valence-electron chi connectivity index (χ4n) is 2.86. The first-order valence-corrected chi connectivity index (χ1v) is 9.17. The summed E-state index contributed by atoms with van der Waals surface area (Å²) in [6, 6.07) is 9.93. The van der Waals surface area contributed by atoms with Gasteiger partial charge in [-0.15, -0.1) is 15.0 Å². The molecule has 4 rings (SSSR count). The van der Waals surface area contributed by atoms with Crippen LogP contribution >= 0.6 is 0 Å². The molecule has 15 heteroatoms. The van der Waals surface area contributed by atoms with Crippen LogP contribution in [0.15, 0.2) is 42.6 Å². The Hall–Kier alpha value is -4.30. The number of nitrogens with zero attached hydrogens (tertiary/aromatic N) is 6. The highest BCUT2D eigenvalue weighted by Crippen LogP contribution is 2.38. The summed E-state index contributed by atoms with van der Waals surface area (Å²) in [7, 11) is 0. The van der Waals surface area contributed by atoms with Crippen molar-refractivity contribution >= 4 is 11.6 Å². The van der Waals surface area contributed by atoms with Gasteiger partial charge in [-0.1, -0.05) is 30.3 Å². The number of tetrazole rings is 1. The molecule has 0 fully saturated rings. The number of carbonyl (C=O) groups is 1. The van der Waals surface area contributed by atoms with Gasteiger partial charge in [0.1, 0.15) is 11.3 Å². The normalized spacial score (nSPS) is 11.6. The number of aromatic nitrogens is 6. The number of nitrogens with one attached hydrogen (secondary N) is 1. The third kappa shape index (κ3) is 4.31. The van der Waals surface area contributed by atoms with Gasteiger partial charge >= 0.3 is 6.18 Å². The van der Waals surface area contributed by atoms with Crippen LogP contribution in [0.4, 0.5) is 36.4 Å². The van der Waals surface area contributed by atoms with Crippen LogP contribution < -0.4 is 5.32 Å². The van der Waals surface area contributed by atoms with Gasteiger partial charge in [-0.2, -0.15) is 18.3 Å². The van der Waals surface area contributed by atoms with Crippen molar-refractivity contribution in [2.24, 2.45) is 0 Å². The van der Waals surface area contributed by atoms with Gasteiger partial charge in [0.2, 0.25) is 5.82 Å². The van der Waals surface area contributed by atoms with E-state index in [4.69, 9.17) is 0 Å². The molecule has 2 heterocycles. The molecule has 0 aliphatic rings. The van der Waals surface area contributed by atoms with Gasteiger partial charge in [0.25, 0.3) is 5.91 Å². The topological polar surface area (TPSA) is 90.5 Å². The highest BCUT2D eigenvalue weighted by atomic mass is 19.4. The van der Waals surface area contributed by atoms with E-state index in [2.05, 4.69) is 20.5 Å². The molecule has 0 aliphatic carbocycles. The number of anilines is 1. The van der Waals surface area contributed by atoms with Crippen molar-refractivity contribution in [3.05, 3.63) is 77.1 Å². The van der Waals surface area contributed by atoms with E-state index in [1.54, 1.807) is 30.3 Å². The molecule has 4 aromatic rings. The van der Waals surface area contributed by atoms with Gasteiger partial charge in [0, 0.05) is 11.8 Å². The Balaban J connectivity index is 1.52. The first-order chi connectivity index (χ1) is 16.1. The van der Waals surface area contributed by atoms with Gasteiger partial charge in [-0.05, 0) is 11.3 Å². The van der Waals surface area contributed by atoms with Crippen LogP contribution in [0.5, 0.6) is 0 Å². The predicted octanol–water partition coefficient (Wildman–Crippen LogP) is 3.87. The average molecular weight is 485 g/mol. The predicted molar refractivity (Wildman–Crippen MR) is 100 cm³/mol. The number of amides is 1. The summed E-state index contributed by atoms with van der Waals surface area (Å²) in [4.78, 5) is 13.4. The van der Waals surface area contributed by atoms with Crippen molar-refractivity contribution in [1.29, 1.82) is 0 Å². The molecule has 0 atom stereocenters. The van der Waals surface area contributed by atoms with Gasteiger partial charge in [0.05, 0.1) is 0 Å². The molecule has 0 saturated carbocycles. The fraction of sp³-hybridized carbons (Fsp3) is 0.105. The summed E-state index contributed by atoms with van der Waals surface area (Å²) in [6.07, 6.45) is -4.45. The minimum atomic E-state index is -5.70. The molecule has 2 aromatic carbocycles. The van der Waals surface area contributed by atoms with E-state index >= 15 is 0 Å². The van der Waals surface area contributed by atoms with Crippen LogP contribution in [-0.4, -0.2) is 35.9 Å². The first kappa shape index (κ1) is 22.9. The number of benzene rings is 2. The first-order valence-electron chi connectivity index (χ1n) is 9.17. The van der Waals surface area contributed by atoms with E-state index in [0.29, 0.717) is 11.4 Å². The molecule has 1 N–H and O–H groups in total. The minimum absolute atomic E-state index is 0.140. The Morgan fingerprint density at radius 2 is 1.56 bits per heavy atom. The highest BCUT2D eigenvalue weighted by molar-refractivity contribution is 6.03. The zero-order valence-corrected chi connectivity index (χ0v) is 16.5. The van der Waals surface area contributed by atoms with Crippen LogP contribution in [0.25, 0.3) is 11.4 Å². The number of carbonyl (C=O) groups excluding carboxylic acids is 1. The standard InChI is InChI=1S/C19H10F7N7O/c20-12-11(19(24,25)26)13(21)15(23)16(14(12)22)27-18(34)10-6-7-32(29-10)8-33-30-17(28-31-33)9-4-2-1-3-5-9/h1-7H,8H2,(H,27,34). The fourth-order valence-corrected chi connectivity index (χ4v) is 2.86. The van der Waals surface area contributed by atoms with Gasteiger partial charge < -0.3 is 5.32 Å². The van der Waals surface area contributed by atoms with Crippen LogP contribution in [0.3, 0.4) is 0 Å². The van der Waals surface area contributed by atoms with Gasteiger partial charge in [0.15, 0.2) is 35.6 Å². The van der Waals surface area contributed by atoms with Crippen molar-refractivity contribution < 1.29 is 35.5 Å². The SMILES string of the molecule is O=C(Nc1c(F)c(F)c(C(F)(F)F)c(F)c1F)c1ccn(Cn2nnc(-c3ccccc3)n2)n1. The molecule has 8 nitrogen and oxygen atoms in total. The lowest BCUT2D eigenvalue weighted by Gasteiger charge is -2.14. The summed E-state index contributed by atoms with van der Waals surface area (Å²) < 4.78 is 94.6. The lowest BCUT2D eigenvalue weighted by molar-refractivity contribution is -0.143. The van der Waals surface area contributed by atoms with E-state index in [1.165, 1.54) is 11.5 Å². The van der Waals surface area contributed by atoms with Crippen molar-refractivity contribution in [1.82, 2.24) is 30.0 Å².